The van der Waals surface area contributed by atoms with Crippen LogP contribution >= 0.6 is 0 Å². The third-order valence-corrected chi connectivity index (χ3v) is 3.20. The number of aromatic amines is 1. The van der Waals surface area contributed by atoms with E-state index in [1.165, 1.54) is 10.9 Å². The molecule has 19 heavy (non-hydrogen) atoms. The molecule has 3 heteroatoms. The lowest BCUT2D eigenvalue weighted by Crippen LogP contribution is -2.01. The summed E-state index contributed by atoms with van der Waals surface area (Å²) in [4.78, 5) is 3.20. The molecule has 1 heterocycles. The van der Waals surface area contributed by atoms with E-state index in [2.05, 4.69) is 34.6 Å². The van der Waals surface area contributed by atoms with E-state index in [0.29, 0.717) is 12.1 Å². The summed E-state index contributed by atoms with van der Waals surface area (Å²) in [7, 11) is 0. The first-order valence-corrected chi connectivity index (χ1v) is 6.16. The molecule has 2 N–H and O–H groups in total. The van der Waals surface area contributed by atoms with Gasteiger partial charge in [-0.1, -0.05) is 24.3 Å². The van der Waals surface area contributed by atoms with Crippen molar-refractivity contribution in [3.63, 3.8) is 0 Å². The summed E-state index contributed by atoms with van der Waals surface area (Å²) in [5.74, 6) is 0. The number of nitriles is 1. The van der Waals surface area contributed by atoms with E-state index in [1.54, 1.807) is 0 Å². The molecule has 0 saturated heterocycles. The van der Waals surface area contributed by atoms with Crippen LogP contribution in [0.25, 0.3) is 10.9 Å². The number of para-hydroxylation sites is 1. The fraction of sp³-hybridized carbons (Fsp3) is 0.0625. The van der Waals surface area contributed by atoms with Crippen LogP contribution in [0.5, 0.6) is 0 Å². The van der Waals surface area contributed by atoms with Gasteiger partial charge in [0.15, 0.2) is 0 Å². The molecule has 92 valence electrons. The maximum atomic E-state index is 9.06. The Morgan fingerprint density at radius 3 is 2.84 bits per heavy atom. The summed E-state index contributed by atoms with van der Waals surface area (Å²) >= 11 is 0. The van der Waals surface area contributed by atoms with Gasteiger partial charge in [-0.3, -0.25) is 0 Å². The van der Waals surface area contributed by atoms with Crippen molar-refractivity contribution in [3.05, 3.63) is 65.9 Å². The van der Waals surface area contributed by atoms with Crippen molar-refractivity contribution in [3.8, 4) is 6.07 Å². The van der Waals surface area contributed by atoms with Crippen LogP contribution in [-0.4, -0.2) is 4.98 Å². The molecule has 3 rings (SSSR count). The number of fused-ring (bicyclic) bond motifs is 1. The summed E-state index contributed by atoms with van der Waals surface area (Å²) in [6.45, 7) is 0.702. The minimum atomic E-state index is 0.670. The number of nitrogens with zero attached hydrogens (tertiary/aromatic N) is 1. The fourth-order valence-electron chi connectivity index (χ4n) is 2.23. The fourth-order valence-corrected chi connectivity index (χ4v) is 2.23. The highest BCUT2D eigenvalue weighted by molar-refractivity contribution is 5.83. The first-order valence-electron chi connectivity index (χ1n) is 6.16. The average Bonchev–Trinajstić information content (AvgIpc) is 2.94. The normalized spacial score (nSPS) is 10.3. The number of hydrogen-bond donors (Lipinski definition) is 2. The van der Waals surface area contributed by atoms with E-state index in [4.69, 9.17) is 5.26 Å². The van der Waals surface area contributed by atoms with E-state index >= 15 is 0 Å². The lowest BCUT2D eigenvalue weighted by Gasteiger charge is -2.09. The molecule has 0 saturated carbocycles. The summed E-state index contributed by atoms with van der Waals surface area (Å²) in [5, 5.41) is 13.6. The van der Waals surface area contributed by atoms with Gasteiger partial charge in [0.1, 0.15) is 6.07 Å². The van der Waals surface area contributed by atoms with E-state index in [0.717, 1.165) is 11.2 Å². The Balaban J connectivity index is 1.87. The molecule has 0 fully saturated rings. The first kappa shape index (κ1) is 11.4. The Hall–Kier alpha value is -2.73. The van der Waals surface area contributed by atoms with Gasteiger partial charge >= 0.3 is 0 Å². The first-order chi connectivity index (χ1) is 9.38. The van der Waals surface area contributed by atoms with Crippen LogP contribution in [0.1, 0.15) is 11.1 Å². The molecule has 0 spiro atoms. The minimum Gasteiger partial charge on any atom is -0.380 e. The SMILES string of the molecule is N#Cc1ccccc1NCc1cccc2[nH]ccc12. The number of H-pyrrole nitrogens is 1. The zero-order valence-electron chi connectivity index (χ0n) is 10.4. The van der Waals surface area contributed by atoms with Crippen LogP contribution in [-0.2, 0) is 6.54 Å². The molecular formula is C16H13N3. The second-order valence-corrected chi connectivity index (χ2v) is 4.37. The molecule has 0 aliphatic heterocycles. The Morgan fingerprint density at radius 2 is 1.95 bits per heavy atom. The summed E-state index contributed by atoms with van der Waals surface area (Å²) in [6, 6.07) is 18.0. The van der Waals surface area contributed by atoms with Gasteiger partial charge in [0.25, 0.3) is 0 Å². The average molecular weight is 247 g/mol. The van der Waals surface area contributed by atoms with Gasteiger partial charge in [0, 0.05) is 23.6 Å². The number of anilines is 1. The van der Waals surface area contributed by atoms with Crippen LogP contribution in [0.4, 0.5) is 5.69 Å². The monoisotopic (exact) mass is 247 g/mol. The Kier molecular flexibility index (Phi) is 2.91. The van der Waals surface area contributed by atoms with Gasteiger partial charge < -0.3 is 10.3 Å². The zero-order chi connectivity index (χ0) is 13.1. The van der Waals surface area contributed by atoms with Crippen LogP contribution in [0.15, 0.2) is 54.7 Å². The topological polar surface area (TPSA) is 51.6 Å². The van der Waals surface area contributed by atoms with Crippen molar-refractivity contribution in [2.45, 2.75) is 6.54 Å². The van der Waals surface area contributed by atoms with Gasteiger partial charge in [0.05, 0.1) is 11.3 Å². The zero-order valence-corrected chi connectivity index (χ0v) is 10.4. The summed E-state index contributed by atoms with van der Waals surface area (Å²) < 4.78 is 0. The third kappa shape index (κ3) is 2.16. The largest absolute Gasteiger partial charge is 0.380 e. The minimum absolute atomic E-state index is 0.670. The van der Waals surface area contributed by atoms with Gasteiger partial charge in [0.2, 0.25) is 0 Å². The molecule has 3 nitrogen and oxygen atoms in total. The van der Waals surface area contributed by atoms with Gasteiger partial charge in [-0.15, -0.1) is 0 Å². The predicted molar refractivity (Wildman–Crippen MR) is 76.8 cm³/mol. The van der Waals surface area contributed by atoms with E-state index in [-0.39, 0.29) is 0 Å². The van der Waals surface area contributed by atoms with Crippen molar-refractivity contribution in [1.82, 2.24) is 4.98 Å². The molecular weight excluding hydrogens is 234 g/mol. The van der Waals surface area contributed by atoms with E-state index in [9.17, 15) is 0 Å². The molecule has 0 unspecified atom stereocenters. The number of aromatic nitrogens is 1. The van der Waals surface area contributed by atoms with E-state index in [1.807, 2.05) is 36.5 Å². The number of rotatable bonds is 3. The highest BCUT2D eigenvalue weighted by Crippen LogP contribution is 2.20. The van der Waals surface area contributed by atoms with Gasteiger partial charge in [-0.2, -0.15) is 5.26 Å². The molecule has 0 aliphatic rings. The van der Waals surface area contributed by atoms with Crippen molar-refractivity contribution < 1.29 is 0 Å². The highest BCUT2D eigenvalue weighted by Gasteiger charge is 2.03. The highest BCUT2D eigenvalue weighted by atomic mass is 14.9. The molecule has 1 aromatic heterocycles. The van der Waals surface area contributed by atoms with E-state index < -0.39 is 0 Å². The van der Waals surface area contributed by atoms with Crippen molar-refractivity contribution in [2.24, 2.45) is 0 Å². The number of hydrogen-bond acceptors (Lipinski definition) is 2. The van der Waals surface area contributed by atoms with Crippen LogP contribution in [0, 0.1) is 11.3 Å². The number of benzene rings is 2. The Bertz CT molecular complexity index is 750. The molecule has 0 aliphatic carbocycles. The lowest BCUT2D eigenvalue weighted by atomic mass is 10.1. The van der Waals surface area contributed by atoms with Crippen LogP contribution in [0.2, 0.25) is 0 Å². The smallest absolute Gasteiger partial charge is 0.101 e. The second kappa shape index (κ2) is 4.87. The second-order valence-electron chi connectivity index (χ2n) is 4.37. The molecule has 0 amide bonds. The molecule has 3 aromatic rings. The third-order valence-electron chi connectivity index (χ3n) is 3.20. The van der Waals surface area contributed by atoms with Crippen LogP contribution < -0.4 is 5.32 Å². The Labute approximate surface area is 111 Å². The molecule has 0 radical (unpaired) electrons. The predicted octanol–water partition coefficient (Wildman–Crippen LogP) is 3.65. The van der Waals surface area contributed by atoms with Gasteiger partial charge in [-0.25, -0.2) is 0 Å². The standard InChI is InChI=1S/C16H13N3/c17-10-12-4-1-2-6-15(12)19-11-13-5-3-7-16-14(13)8-9-18-16/h1-9,18-19H,11H2. The maximum absolute atomic E-state index is 9.06. The van der Waals surface area contributed by atoms with Crippen molar-refractivity contribution in [1.29, 1.82) is 5.26 Å². The summed E-state index contributed by atoms with van der Waals surface area (Å²) in [6.07, 6.45) is 1.94. The molecule has 2 aromatic carbocycles. The summed E-state index contributed by atoms with van der Waals surface area (Å²) in [5.41, 5.74) is 3.89. The van der Waals surface area contributed by atoms with Crippen molar-refractivity contribution >= 4 is 16.6 Å². The van der Waals surface area contributed by atoms with Gasteiger partial charge in [-0.05, 0) is 29.8 Å². The number of nitrogens with one attached hydrogen (secondary N) is 2. The molecule has 0 bridgehead atoms. The maximum Gasteiger partial charge on any atom is 0.101 e. The van der Waals surface area contributed by atoms with Crippen LogP contribution in [0.3, 0.4) is 0 Å². The lowest BCUT2D eigenvalue weighted by molar-refractivity contribution is 1.16. The quantitative estimate of drug-likeness (QED) is 0.742. The Morgan fingerprint density at radius 1 is 1.05 bits per heavy atom. The molecule has 0 atom stereocenters. The van der Waals surface area contributed by atoms with Crippen molar-refractivity contribution in [2.75, 3.05) is 5.32 Å².